The molecule has 2 saturated carbocycles. The van der Waals surface area contributed by atoms with E-state index in [0.29, 0.717) is 42.4 Å². The number of aliphatic hydroxyl groups excluding tert-OH is 1. The molecule has 20 heteroatoms. The first kappa shape index (κ1) is 124. The molecule has 99 heavy (non-hydrogen) atoms. The number of alkyl halides is 15. The van der Waals surface area contributed by atoms with E-state index in [1.54, 1.807) is 83.1 Å². The molecule has 2 aliphatic rings. The second-order valence-corrected chi connectivity index (χ2v) is 34.4. The van der Waals surface area contributed by atoms with Crippen molar-refractivity contribution in [3.63, 3.8) is 0 Å². The molecule has 0 bridgehead atoms. The zero-order valence-corrected chi connectivity index (χ0v) is 69.5. The van der Waals surface area contributed by atoms with Gasteiger partial charge in [0.25, 0.3) is 0 Å². The predicted octanol–water partition coefficient (Wildman–Crippen LogP) is 30.4. The molecule has 0 amide bonds. The SMILES string of the molecule is C.C.CC(C)C(C(F)(F)F)C(F)(F)F.CC(C)C(C)(C)CO.CC(C)C(C)(C)F.CC(C)C(C)(F)F.CC(C)C1(C)CC1.CC(C)CC(C)(C)F.CC(C)CC(C)(C)F.CC(C)CC(C)(F)F.CC(C)OC(C)(C)F.CC(C)OC(C)(C)F.[C-]#[N+]C(C)(C)C(C)C.[C-]#[N+]C1(C(C)C)CC1. The van der Waals surface area contributed by atoms with Gasteiger partial charge in [0.2, 0.25) is 34.6 Å². The summed E-state index contributed by atoms with van der Waals surface area (Å²) in [5.41, 5.74) is -2.19. The van der Waals surface area contributed by atoms with Crippen LogP contribution in [0.2, 0.25) is 0 Å². The Hall–Kier alpha value is -2.19. The smallest absolute Gasteiger partial charge is 0.396 e. The highest BCUT2D eigenvalue weighted by atomic mass is 19.4. The lowest BCUT2D eigenvalue weighted by atomic mass is 9.82. The van der Waals surface area contributed by atoms with E-state index in [9.17, 15) is 65.9 Å². The van der Waals surface area contributed by atoms with Gasteiger partial charge in [0.15, 0.2) is 5.92 Å². The number of rotatable bonds is 18. The lowest BCUT2D eigenvalue weighted by Crippen LogP contribution is -2.40. The highest BCUT2D eigenvalue weighted by molar-refractivity contribution is 5.12. The van der Waals surface area contributed by atoms with E-state index >= 15 is 0 Å². The summed E-state index contributed by atoms with van der Waals surface area (Å²) in [6.45, 7) is 86.1. The number of halogens is 15. The first-order valence-electron chi connectivity index (χ1n) is 35.0. The summed E-state index contributed by atoms with van der Waals surface area (Å²) >= 11 is 0. The molecule has 0 unspecified atom stereocenters. The molecule has 0 saturated heterocycles. The number of hydrogen-bond donors (Lipinski definition) is 1. The average molecular weight is 1470 g/mol. The quantitative estimate of drug-likeness (QED) is 0.110. The minimum absolute atomic E-state index is 0. The zero-order valence-electron chi connectivity index (χ0n) is 69.5. The largest absolute Gasteiger partial charge is 0.400 e. The summed E-state index contributed by atoms with van der Waals surface area (Å²) in [5, 5.41) is 8.76. The summed E-state index contributed by atoms with van der Waals surface area (Å²) in [5.74, 6) is -9.51. The predicted molar refractivity (Wildman–Crippen MR) is 398 cm³/mol. The fourth-order valence-corrected chi connectivity index (χ4v) is 6.75. The van der Waals surface area contributed by atoms with Gasteiger partial charge >= 0.3 is 12.4 Å². The van der Waals surface area contributed by atoms with Gasteiger partial charge in [0.05, 0.1) is 12.2 Å². The van der Waals surface area contributed by atoms with Crippen LogP contribution in [-0.2, 0) is 9.47 Å². The standard InChI is InChI=1S/2C7H15F.C7H11N.C7H13N.C7H16O.C7H14.C6H8F6.C6H12F2.2C6H13FO.C6H13F.C5H10F2.2CH4/c2*1-6(2)5-7(3,4)8;1-6(2)7(8-3)4-5-7;1-6(2)7(3,4)8-5;1-6(2)7(3,4)5-8;1-6(2)7(3)4-5-7;1-3(2)4(5(7,8)9)6(10,11)12;1-5(2)4-6(3,7)8;2*1-5(2)8-6(3,4)7;1-5(2)6(3,4)7;1-4(2)5(3,6)7;;/h2*6H,5H2,1-4H3;6H,4-5H2,1-2H3;6H,1-4H3;6,8H,5H2,1-4H3;6H,4-5H2,1-3H3;3-4H,1-2H3;5H,4H2,1-3H3;2*5H,1-4H3;5H,1-4H3;4H,1-3H3;2*1H4. The first-order valence-corrected chi connectivity index (χ1v) is 35.0. The molecule has 2 fully saturated rings. The third-order valence-corrected chi connectivity index (χ3v) is 15.5. The van der Waals surface area contributed by atoms with Crippen LogP contribution in [0.3, 0.4) is 0 Å². The van der Waals surface area contributed by atoms with E-state index in [-0.39, 0.29) is 68.4 Å². The van der Waals surface area contributed by atoms with Gasteiger partial charge in [0.1, 0.15) is 17.0 Å². The van der Waals surface area contributed by atoms with Crippen molar-refractivity contribution in [1.29, 1.82) is 0 Å². The summed E-state index contributed by atoms with van der Waals surface area (Å²) in [6.07, 6.45) is -3.96. The van der Waals surface area contributed by atoms with Gasteiger partial charge in [-0.2, -0.15) is 26.3 Å². The van der Waals surface area contributed by atoms with Gasteiger partial charge in [0, 0.05) is 57.5 Å². The fraction of sp³-hybridized carbons (Fsp3) is 0.975. The Kier molecular flexibility index (Phi) is 66.8. The van der Waals surface area contributed by atoms with E-state index in [1.807, 2.05) is 55.4 Å². The van der Waals surface area contributed by atoms with Gasteiger partial charge in [-0.05, 0) is 189 Å². The van der Waals surface area contributed by atoms with Crippen molar-refractivity contribution in [2.75, 3.05) is 6.61 Å². The average Bonchev–Trinajstić information content (AvgIpc) is 1.74. The van der Waals surface area contributed by atoms with Crippen LogP contribution in [0, 0.1) is 89.1 Å². The third-order valence-electron chi connectivity index (χ3n) is 15.5. The van der Waals surface area contributed by atoms with Crippen molar-refractivity contribution in [2.45, 2.75) is 420 Å². The van der Waals surface area contributed by atoms with Crippen LogP contribution in [0.15, 0.2) is 0 Å². The Labute approximate surface area is 603 Å². The summed E-state index contributed by atoms with van der Waals surface area (Å²) < 4.78 is 190. The molecule has 2 aliphatic carbocycles. The molecular weight excluding hydrogens is 1310 g/mol. The minimum atomic E-state index is -5.20. The van der Waals surface area contributed by atoms with E-state index in [0.717, 1.165) is 51.9 Å². The molecule has 0 aliphatic heterocycles. The minimum Gasteiger partial charge on any atom is -0.396 e. The van der Waals surface area contributed by atoms with Crippen molar-refractivity contribution >= 4 is 0 Å². The maximum Gasteiger partial charge on any atom is 0.400 e. The Morgan fingerprint density at radius 1 is 0.404 bits per heavy atom. The summed E-state index contributed by atoms with van der Waals surface area (Å²) in [4.78, 5) is 7.05. The molecule has 0 aromatic carbocycles. The zero-order chi connectivity index (χ0) is 81.5. The maximum atomic E-state index is 12.6. The van der Waals surface area contributed by atoms with Crippen molar-refractivity contribution in [2.24, 2.45) is 75.9 Å². The summed E-state index contributed by atoms with van der Waals surface area (Å²) in [7, 11) is 0. The number of ether oxygens (including phenoxy) is 2. The van der Waals surface area contributed by atoms with Gasteiger partial charge in [-0.25, -0.2) is 52.7 Å². The fourth-order valence-electron chi connectivity index (χ4n) is 6.75. The van der Waals surface area contributed by atoms with Crippen LogP contribution in [0.4, 0.5) is 65.9 Å². The molecule has 0 spiro atoms. The van der Waals surface area contributed by atoms with E-state index in [1.165, 1.54) is 54.4 Å². The topological polar surface area (TPSA) is 47.4 Å². The number of hydrogen-bond acceptors (Lipinski definition) is 3. The van der Waals surface area contributed by atoms with Crippen LogP contribution >= 0.6 is 0 Å². The molecule has 0 radical (unpaired) electrons. The molecule has 0 heterocycles. The van der Waals surface area contributed by atoms with Crippen LogP contribution in [0.1, 0.15) is 344 Å². The van der Waals surface area contributed by atoms with Gasteiger partial charge in [-0.3, -0.25) is 0 Å². The summed E-state index contributed by atoms with van der Waals surface area (Å²) in [6, 6.07) is 0. The molecule has 0 atom stereocenters. The van der Waals surface area contributed by atoms with Crippen molar-refractivity contribution < 1.29 is 80.4 Å². The lowest BCUT2D eigenvalue weighted by molar-refractivity contribution is -0.295. The number of aliphatic hydroxyl groups is 1. The Bertz CT molecular complexity index is 1740. The Morgan fingerprint density at radius 2 is 0.667 bits per heavy atom. The van der Waals surface area contributed by atoms with Crippen LogP contribution in [-0.4, -0.2) is 87.9 Å². The highest BCUT2D eigenvalue weighted by Crippen LogP contribution is 2.51. The second-order valence-electron chi connectivity index (χ2n) is 34.4. The van der Waals surface area contributed by atoms with Crippen LogP contribution in [0.5, 0.6) is 0 Å². The molecule has 5 nitrogen and oxygen atoms in total. The molecular formula is C79H161F15N2O3. The molecule has 2 rings (SSSR count). The molecule has 610 valence electrons. The lowest BCUT2D eigenvalue weighted by Gasteiger charge is -2.25. The third kappa shape index (κ3) is 95.8. The van der Waals surface area contributed by atoms with Crippen molar-refractivity contribution in [3.8, 4) is 0 Å². The van der Waals surface area contributed by atoms with E-state index in [2.05, 4.69) is 85.9 Å². The highest BCUT2D eigenvalue weighted by Gasteiger charge is 2.58. The molecule has 0 aromatic rings. The van der Waals surface area contributed by atoms with Crippen molar-refractivity contribution in [3.05, 3.63) is 22.8 Å². The Balaban J connectivity index is -0.0000000835. The second kappa shape index (κ2) is 53.6. The molecule has 1 N–H and O–H groups in total. The molecule has 0 aromatic heterocycles. The van der Waals surface area contributed by atoms with Gasteiger partial charge < -0.3 is 24.3 Å². The Morgan fingerprint density at radius 3 is 0.667 bits per heavy atom. The van der Waals surface area contributed by atoms with Crippen LogP contribution < -0.4 is 0 Å². The first-order chi connectivity index (χ1) is 41.9. The van der Waals surface area contributed by atoms with Gasteiger partial charge in [-0.1, -0.05) is 174 Å². The van der Waals surface area contributed by atoms with Crippen molar-refractivity contribution in [1.82, 2.24) is 0 Å². The van der Waals surface area contributed by atoms with Gasteiger partial charge in [-0.15, -0.1) is 0 Å². The normalized spacial score (nSPS) is 14.3. The number of nitrogens with zero attached hydrogens (tertiary/aromatic N) is 2. The van der Waals surface area contributed by atoms with Crippen LogP contribution in [0.25, 0.3) is 9.69 Å². The van der Waals surface area contributed by atoms with E-state index < -0.39 is 70.7 Å². The maximum absolute atomic E-state index is 12.6. The monoisotopic (exact) mass is 1470 g/mol. The van der Waals surface area contributed by atoms with E-state index in [4.69, 9.17) is 27.7 Å².